The molecule has 0 spiro atoms. The van der Waals surface area contributed by atoms with Crippen molar-refractivity contribution in [1.82, 2.24) is 9.62 Å². The molecule has 0 bridgehead atoms. The van der Waals surface area contributed by atoms with Gasteiger partial charge in [-0.2, -0.15) is 0 Å². The molecule has 1 amide bonds. The highest BCUT2D eigenvalue weighted by atomic mass is 32.2. The fourth-order valence-electron chi connectivity index (χ4n) is 4.12. The molecule has 1 fully saturated rings. The average molecular weight is 461 g/mol. The van der Waals surface area contributed by atoms with Gasteiger partial charge < -0.3 is 19.1 Å². The van der Waals surface area contributed by atoms with Crippen LogP contribution in [0, 0.1) is 0 Å². The summed E-state index contributed by atoms with van der Waals surface area (Å²) in [5.74, 6) is 0.715. The van der Waals surface area contributed by atoms with Gasteiger partial charge in [-0.15, -0.1) is 0 Å². The van der Waals surface area contributed by atoms with Gasteiger partial charge in [0.25, 0.3) is 5.91 Å². The molecule has 0 aromatic heterocycles. The summed E-state index contributed by atoms with van der Waals surface area (Å²) in [7, 11) is -2.46. The highest BCUT2D eigenvalue weighted by molar-refractivity contribution is 7.89. The van der Waals surface area contributed by atoms with Crippen LogP contribution in [0.25, 0.3) is 0 Å². The summed E-state index contributed by atoms with van der Waals surface area (Å²) in [5, 5.41) is 0. The number of rotatable bonds is 5. The Bertz CT molecular complexity index is 1110. The zero-order chi connectivity index (χ0) is 22.9. The van der Waals surface area contributed by atoms with Crippen molar-refractivity contribution >= 4 is 15.9 Å². The number of nitrogens with one attached hydrogen (secondary N) is 1. The number of hydrogen-bond acceptors (Lipinski definition) is 6. The number of morpholine rings is 1. The maximum atomic E-state index is 13.3. The average Bonchev–Trinajstić information content (AvgIpc) is 2.77. The van der Waals surface area contributed by atoms with Crippen molar-refractivity contribution in [3.63, 3.8) is 0 Å². The Morgan fingerprint density at radius 2 is 1.88 bits per heavy atom. The number of carbonyl (C=O) groups is 1. The summed E-state index contributed by atoms with van der Waals surface area (Å²) >= 11 is 0. The zero-order valence-electron chi connectivity index (χ0n) is 18.5. The van der Waals surface area contributed by atoms with E-state index < -0.39 is 21.7 Å². The fourth-order valence-corrected chi connectivity index (χ4v) is 5.36. The van der Waals surface area contributed by atoms with Crippen molar-refractivity contribution in [3.8, 4) is 11.5 Å². The molecule has 0 aliphatic carbocycles. The third kappa shape index (κ3) is 4.60. The second-order valence-corrected chi connectivity index (χ2v) is 10.3. The maximum absolute atomic E-state index is 13.3. The molecule has 0 saturated carbocycles. The number of fused-ring (bicyclic) bond motifs is 1. The van der Waals surface area contributed by atoms with E-state index in [1.165, 1.54) is 25.3 Å². The topological polar surface area (TPSA) is 94.2 Å². The Kier molecular flexibility index (Phi) is 6.15. The molecule has 0 unspecified atom stereocenters. The van der Waals surface area contributed by atoms with Crippen molar-refractivity contribution in [2.45, 2.75) is 36.8 Å². The number of carbonyl (C=O) groups excluding carboxylic acids is 1. The summed E-state index contributed by atoms with van der Waals surface area (Å²) in [5.41, 5.74) is 0.470. The molecule has 172 valence electrons. The van der Waals surface area contributed by atoms with Crippen LogP contribution in [0.4, 0.5) is 0 Å². The Morgan fingerprint density at radius 1 is 1.16 bits per heavy atom. The Morgan fingerprint density at radius 3 is 2.59 bits per heavy atom. The van der Waals surface area contributed by atoms with E-state index in [4.69, 9.17) is 14.2 Å². The molecule has 9 heteroatoms. The van der Waals surface area contributed by atoms with Gasteiger partial charge in [-0.1, -0.05) is 18.2 Å². The molecular formula is C23H28N2O6S. The lowest BCUT2D eigenvalue weighted by molar-refractivity contribution is 0.0300. The van der Waals surface area contributed by atoms with E-state index in [-0.39, 0.29) is 16.4 Å². The van der Waals surface area contributed by atoms with Crippen LogP contribution in [0.5, 0.6) is 11.5 Å². The normalized spacial score (nSPS) is 20.2. The molecule has 0 radical (unpaired) electrons. The first-order valence-electron chi connectivity index (χ1n) is 10.6. The monoisotopic (exact) mass is 460 g/mol. The number of benzene rings is 2. The summed E-state index contributed by atoms with van der Waals surface area (Å²) in [6, 6.07) is 11.3. The van der Waals surface area contributed by atoms with Gasteiger partial charge in [0.2, 0.25) is 10.0 Å². The largest absolute Gasteiger partial charge is 0.496 e. The molecule has 1 atom stereocenters. The van der Waals surface area contributed by atoms with Crippen LogP contribution in [0.3, 0.4) is 0 Å². The predicted octanol–water partition coefficient (Wildman–Crippen LogP) is 2.75. The van der Waals surface area contributed by atoms with E-state index in [2.05, 4.69) is 4.72 Å². The smallest absolute Gasteiger partial charge is 0.257 e. The van der Waals surface area contributed by atoms with Crippen molar-refractivity contribution in [2.75, 3.05) is 33.4 Å². The molecule has 2 aromatic rings. The number of amides is 1. The molecule has 8 nitrogen and oxygen atoms in total. The van der Waals surface area contributed by atoms with Crippen LogP contribution < -0.4 is 14.2 Å². The number of methoxy groups -OCH3 is 1. The van der Waals surface area contributed by atoms with Crippen molar-refractivity contribution in [2.24, 2.45) is 0 Å². The standard InChI is InChI=1S/C23H28N2O6S/c1-23(2)15-19(17-6-4-5-7-21(17)31-23)24-32(27,28)16-8-9-20(29-3)18(14-16)22(26)25-10-12-30-13-11-25/h4-9,14,19,24H,10-13,15H2,1-3H3/t19-/m1/s1. The van der Waals surface area contributed by atoms with E-state index in [0.717, 1.165) is 5.56 Å². The van der Waals surface area contributed by atoms with E-state index >= 15 is 0 Å². The van der Waals surface area contributed by atoms with Crippen LogP contribution in [0.2, 0.25) is 0 Å². The summed E-state index contributed by atoms with van der Waals surface area (Å²) in [4.78, 5) is 14.7. The van der Waals surface area contributed by atoms with Crippen LogP contribution in [-0.4, -0.2) is 58.2 Å². The second kappa shape index (κ2) is 8.73. The molecule has 32 heavy (non-hydrogen) atoms. The molecule has 4 rings (SSSR count). The summed E-state index contributed by atoms with van der Waals surface area (Å²) in [6.45, 7) is 5.66. The summed E-state index contributed by atoms with van der Waals surface area (Å²) < 4.78 is 46.1. The van der Waals surface area contributed by atoms with Gasteiger partial charge in [-0.25, -0.2) is 13.1 Å². The van der Waals surface area contributed by atoms with Crippen LogP contribution in [0.1, 0.15) is 42.2 Å². The minimum absolute atomic E-state index is 0.0108. The fraction of sp³-hybridized carbons (Fsp3) is 0.435. The molecular weight excluding hydrogens is 432 g/mol. The predicted molar refractivity (Wildman–Crippen MR) is 119 cm³/mol. The van der Waals surface area contributed by atoms with E-state index in [1.807, 2.05) is 38.1 Å². The molecule has 1 saturated heterocycles. The highest BCUT2D eigenvalue weighted by Crippen LogP contribution is 2.40. The van der Waals surface area contributed by atoms with Gasteiger partial charge in [-0.3, -0.25) is 4.79 Å². The molecule has 2 aliphatic heterocycles. The van der Waals surface area contributed by atoms with E-state index in [0.29, 0.717) is 44.2 Å². The van der Waals surface area contributed by atoms with Crippen molar-refractivity contribution in [1.29, 1.82) is 0 Å². The van der Waals surface area contributed by atoms with Crippen molar-refractivity contribution < 1.29 is 27.4 Å². The minimum Gasteiger partial charge on any atom is -0.496 e. The zero-order valence-corrected chi connectivity index (χ0v) is 19.3. The maximum Gasteiger partial charge on any atom is 0.257 e. The Balaban J connectivity index is 1.65. The lowest BCUT2D eigenvalue weighted by Crippen LogP contribution is -2.41. The van der Waals surface area contributed by atoms with Crippen LogP contribution in [-0.2, 0) is 14.8 Å². The third-order valence-electron chi connectivity index (χ3n) is 5.68. The van der Waals surface area contributed by atoms with Gasteiger partial charge in [-0.05, 0) is 38.1 Å². The quantitative estimate of drug-likeness (QED) is 0.737. The third-order valence-corrected chi connectivity index (χ3v) is 7.15. The number of sulfonamides is 1. The number of nitrogens with zero attached hydrogens (tertiary/aromatic N) is 1. The van der Waals surface area contributed by atoms with Gasteiger partial charge in [0.1, 0.15) is 17.1 Å². The van der Waals surface area contributed by atoms with Crippen LogP contribution in [0.15, 0.2) is 47.4 Å². The Hall–Kier alpha value is -2.62. The minimum atomic E-state index is -3.92. The first-order valence-corrected chi connectivity index (χ1v) is 12.0. The highest BCUT2D eigenvalue weighted by Gasteiger charge is 2.36. The molecule has 1 N–H and O–H groups in total. The first kappa shape index (κ1) is 22.6. The van der Waals surface area contributed by atoms with E-state index in [1.54, 1.807) is 4.90 Å². The second-order valence-electron chi connectivity index (χ2n) is 8.54. The number of ether oxygens (including phenoxy) is 3. The Labute approximate surface area is 188 Å². The first-order chi connectivity index (χ1) is 15.2. The molecule has 2 aliphatic rings. The lowest BCUT2D eigenvalue weighted by atomic mass is 9.90. The van der Waals surface area contributed by atoms with Gasteiger partial charge in [0, 0.05) is 25.1 Å². The molecule has 2 heterocycles. The van der Waals surface area contributed by atoms with Crippen molar-refractivity contribution in [3.05, 3.63) is 53.6 Å². The van der Waals surface area contributed by atoms with Gasteiger partial charge in [0.05, 0.1) is 36.8 Å². The number of hydrogen-bond donors (Lipinski definition) is 1. The van der Waals surface area contributed by atoms with Gasteiger partial charge in [0.15, 0.2) is 0 Å². The van der Waals surface area contributed by atoms with Gasteiger partial charge >= 0.3 is 0 Å². The van der Waals surface area contributed by atoms with Crippen LogP contribution >= 0.6 is 0 Å². The van der Waals surface area contributed by atoms with E-state index in [9.17, 15) is 13.2 Å². The molecule has 2 aromatic carbocycles. The number of para-hydroxylation sites is 1. The lowest BCUT2D eigenvalue weighted by Gasteiger charge is -2.37. The SMILES string of the molecule is COc1ccc(S(=O)(=O)N[C@@H]2CC(C)(C)Oc3ccccc32)cc1C(=O)N1CCOCC1. The summed E-state index contributed by atoms with van der Waals surface area (Å²) in [6.07, 6.45) is 0.471.